The number of pyridine rings is 1. The van der Waals surface area contributed by atoms with Crippen LogP contribution in [0.4, 0.5) is 13.2 Å². The quantitative estimate of drug-likeness (QED) is 0.684. The van der Waals surface area contributed by atoms with E-state index in [1.54, 1.807) is 0 Å². The normalized spacial score (nSPS) is 11.0. The molecule has 0 atom stereocenters. The minimum Gasteiger partial charge on any atom is -0.484 e. The van der Waals surface area contributed by atoms with Crippen LogP contribution in [-0.2, 0) is 22.3 Å². The number of rotatable bonds is 5. The van der Waals surface area contributed by atoms with Gasteiger partial charge in [0.15, 0.2) is 6.61 Å². The molecule has 0 spiro atoms. The molecule has 2 rings (SSSR count). The van der Waals surface area contributed by atoms with Crippen molar-refractivity contribution in [1.82, 2.24) is 15.4 Å². The van der Waals surface area contributed by atoms with Crippen LogP contribution in [0.25, 0.3) is 0 Å². The molecule has 11 heteroatoms. The van der Waals surface area contributed by atoms with Gasteiger partial charge in [0.1, 0.15) is 12.3 Å². The second kappa shape index (κ2) is 8.71. The molecule has 27 heavy (non-hydrogen) atoms. The predicted octanol–water partition coefficient (Wildman–Crippen LogP) is 1.86. The number of nitrogens with one attached hydrogen (secondary N) is 2. The van der Waals surface area contributed by atoms with E-state index in [1.165, 1.54) is 24.4 Å². The molecule has 0 aliphatic rings. The number of hydrogen-bond donors (Lipinski definition) is 2. The topological polar surface area (TPSA) is 89.4 Å². The van der Waals surface area contributed by atoms with Crippen LogP contribution in [0.5, 0.6) is 5.75 Å². The maximum Gasteiger partial charge on any atom is 0.416 e. The molecule has 0 bridgehead atoms. The zero-order chi connectivity index (χ0) is 20.0. The number of hydrogen-bond acceptors (Lipinski definition) is 4. The van der Waals surface area contributed by atoms with E-state index in [1.807, 2.05) is 5.43 Å². The highest BCUT2D eigenvalue weighted by atomic mass is 79.9. The van der Waals surface area contributed by atoms with Crippen molar-refractivity contribution in [3.05, 3.63) is 63.0 Å². The Balaban J connectivity index is 1.82. The molecule has 0 aliphatic carbocycles. The van der Waals surface area contributed by atoms with E-state index in [2.05, 4.69) is 21.4 Å². The van der Waals surface area contributed by atoms with Crippen LogP contribution in [0.3, 0.4) is 0 Å². The summed E-state index contributed by atoms with van der Waals surface area (Å²) >= 11 is 3.16. The summed E-state index contributed by atoms with van der Waals surface area (Å²) in [5.74, 6) is -1.61. The maximum atomic E-state index is 12.6. The van der Waals surface area contributed by atoms with Gasteiger partial charge >= 0.3 is 6.18 Å². The van der Waals surface area contributed by atoms with Crippen molar-refractivity contribution in [2.45, 2.75) is 12.7 Å². The largest absolute Gasteiger partial charge is 0.484 e. The molecule has 1 heterocycles. The average Bonchev–Trinajstić information content (AvgIpc) is 2.61. The van der Waals surface area contributed by atoms with E-state index in [0.717, 1.165) is 22.8 Å². The molecule has 0 fully saturated rings. The van der Waals surface area contributed by atoms with Crippen LogP contribution < -0.4 is 21.1 Å². The Morgan fingerprint density at radius 2 is 1.81 bits per heavy atom. The second-order valence-electron chi connectivity index (χ2n) is 5.22. The molecule has 0 unspecified atom stereocenters. The highest BCUT2D eigenvalue weighted by molar-refractivity contribution is 9.10. The molecule has 0 aliphatic heterocycles. The Bertz CT molecular complexity index is 899. The monoisotopic (exact) mass is 447 g/mol. The highest BCUT2D eigenvalue weighted by Gasteiger charge is 2.30. The van der Waals surface area contributed by atoms with Crippen LogP contribution in [-0.4, -0.2) is 23.0 Å². The van der Waals surface area contributed by atoms with Gasteiger partial charge in [-0.3, -0.25) is 25.2 Å². The van der Waals surface area contributed by atoms with Gasteiger partial charge in [0, 0.05) is 16.7 Å². The van der Waals surface area contributed by atoms with E-state index < -0.39 is 35.7 Å². The lowest BCUT2D eigenvalue weighted by Gasteiger charge is -2.11. The van der Waals surface area contributed by atoms with E-state index in [4.69, 9.17) is 4.74 Å². The number of ether oxygens (including phenoxy) is 1. The third-order valence-electron chi connectivity index (χ3n) is 3.13. The Morgan fingerprint density at radius 3 is 2.52 bits per heavy atom. The first-order chi connectivity index (χ1) is 12.6. The fraction of sp³-hybridized carbons (Fsp3) is 0.188. The first kappa shape index (κ1) is 20.5. The third-order valence-corrected chi connectivity index (χ3v) is 3.60. The number of hydrazine groups is 1. The first-order valence-electron chi connectivity index (χ1n) is 7.39. The van der Waals surface area contributed by atoms with Gasteiger partial charge in [-0.25, -0.2) is 0 Å². The van der Waals surface area contributed by atoms with E-state index in [9.17, 15) is 27.6 Å². The molecule has 2 N–H and O–H groups in total. The van der Waals surface area contributed by atoms with Crippen LogP contribution in [0, 0.1) is 0 Å². The number of carbonyl (C=O) groups is 2. The SMILES string of the molecule is O=C(COc1cccc(C(F)(F)F)c1)NNC(=O)Cn1cc(Br)ccc1=O. The molecule has 2 amide bonds. The Morgan fingerprint density at radius 1 is 1.11 bits per heavy atom. The van der Waals surface area contributed by atoms with Gasteiger partial charge in [0.2, 0.25) is 0 Å². The molecule has 144 valence electrons. The first-order valence-corrected chi connectivity index (χ1v) is 8.18. The molecular weight excluding hydrogens is 435 g/mol. The number of benzene rings is 1. The van der Waals surface area contributed by atoms with Gasteiger partial charge in [0.25, 0.3) is 17.4 Å². The summed E-state index contributed by atoms with van der Waals surface area (Å²) in [4.78, 5) is 34.9. The van der Waals surface area contributed by atoms with Crippen molar-refractivity contribution < 1.29 is 27.5 Å². The number of halogens is 4. The molecule has 0 radical (unpaired) electrons. The van der Waals surface area contributed by atoms with Gasteiger partial charge < -0.3 is 9.30 Å². The van der Waals surface area contributed by atoms with Crippen LogP contribution >= 0.6 is 15.9 Å². The fourth-order valence-corrected chi connectivity index (χ4v) is 2.29. The van der Waals surface area contributed by atoms with Gasteiger partial charge in [-0.05, 0) is 40.2 Å². The summed E-state index contributed by atoms with van der Waals surface area (Å²) in [5, 5.41) is 0. The fourth-order valence-electron chi connectivity index (χ4n) is 1.91. The average molecular weight is 448 g/mol. The lowest BCUT2D eigenvalue weighted by atomic mass is 10.2. The van der Waals surface area contributed by atoms with Crippen LogP contribution in [0.1, 0.15) is 5.56 Å². The van der Waals surface area contributed by atoms with Crippen molar-refractivity contribution in [2.75, 3.05) is 6.61 Å². The van der Waals surface area contributed by atoms with Crippen molar-refractivity contribution >= 4 is 27.7 Å². The van der Waals surface area contributed by atoms with Crippen molar-refractivity contribution in [3.8, 4) is 5.75 Å². The Kier molecular flexibility index (Phi) is 6.61. The number of aromatic nitrogens is 1. The Labute approximate surface area is 159 Å². The number of amides is 2. The standard InChI is InChI=1S/C16H13BrF3N3O4/c17-11-4-5-15(26)23(7-11)8-13(24)21-22-14(25)9-27-12-3-1-2-10(6-12)16(18,19)20/h1-7H,8-9H2,(H,21,24)(H,22,25). The third kappa shape index (κ3) is 6.44. The lowest BCUT2D eigenvalue weighted by molar-refractivity contribution is -0.137. The summed E-state index contributed by atoms with van der Waals surface area (Å²) in [6, 6.07) is 6.82. The summed E-state index contributed by atoms with van der Waals surface area (Å²) in [7, 11) is 0. The van der Waals surface area contributed by atoms with Gasteiger partial charge in [-0.1, -0.05) is 6.07 Å². The smallest absolute Gasteiger partial charge is 0.416 e. The van der Waals surface area contributed by atoms with Crippen molar-refractivity contribution in [3.63, 3.8) is 0 Å². The molecule has 0 saturated carbocycles. The summed E-state index contributed by atoms with van der Waals surface area (Å²) < 4.78 is 44.5. The molecular formula is C16H13BrF3N3O4. The summed E-state index contributed by atoms with van der Waals surface area (Å²) in [6.07, 6.45) is -3.12. The van der Waals surface area contributed by atoms with Gasteiger partial charge in [0.05, 0.1) is 5.56 Å². The highest BCUT2D eigenvalue weighted by Crippen LogP contribution is 2.31. The summed E-state index contributed by atoms with van der Waals surface area (Å²) in [5.41, 5.74) is 2.80. The molecule has 1 aromatic heterocycles. The minimum absolute atomic E-state index is 0.146. The van der Waals surface area contributed by atoms with E-state index in [-0.39, 0.29) is 12.3 Å². The molecule has 1 aromatic carbocycles. The lowest BCUT2D eigenvalue weighted by Crippen LogP contribution is -2.45. The molecule has 0 saturated heterocycles. The minimum atomic E-state index is -4.53. The van der Waals surface area contributed by atoms with Crippen LogP contribution in [0.15, 0.2) is 51.9 Å². The van der Waals surface area contributed by atoms with Crippen molar-refractivity contribution in [1.29, 1.82) is 0 Å². The van der Waals surface area contributed by atoms with Gasteiger partial charge in [-0.15, -0.1) is 0 Å². The van der Waals surface area contributed by atoms with E-state index in [0.29, 0.717) is 4.47 Å². The maximum absolute atomic E-state index is 12.6. The number of alkyl halides is 3. The zero-order valence-corrected chi connectivity index (χ0v) is 15.1. The molecule has 7 nitrogen and oxygen atoms in total. The number of carbonyl (C=O) groups excluding carboxylic acids is 2. The molecule has 2 aromatic rings. The van der Waals surface area contributed by atoms with Gasteiger partial charge in [-0.2, -0.15) is 13.2 Å². The zero-order valence-electron chi connectivity index (χ0n) is 13.5. The van der Waals surface area contributed by atoms with Crippen molar-refractivity contribution in [2.24, 2.45) is 0 Å². The van der Waals surface area contributed by atoms with E-state index >= 15 is 0 Å². The van der Waals surface area contributed by atoms with Crippen LogP contribution in [0.2, 0.25) is 0 Å². The Hall–Kier alpha value is -2.82. The summed E-state index contributed by atoms with van der Waals surface area (Å²) in [6.45, 7) is -0.953. The second-order valence-corrected chi connectivity index (χ2v) is 6.14. The predicted molar refractivity (Wildman–Crippen MR) is 91.6 cm³/mol. The number of nitrogens with zero attached hydrogens (tertiary/aromatic N) is 1.